The Hall–Kier alpha value is -3.04. The molecule has 0 saturated carbocycles. The topological polar surface area (TPSA) is 159 Å². The Morgan fingerprint density at radius 1 is 1.08 bits per heavy atom. The number of piperazine rings is 1. The number of nitrogens with zero attached hydrogens (tertiary/aromatic N) is 3. The van der Waals surface area contributed by atoms with Crippen molar-refractivity contribution >= 4 is 37.0 Å². The number of ether oxygens (including phenoxy) is 1. The molecule has 1 aromatic heterocycles. The summed E-state index contributed by atoms with van der Waals surface area (Å²) in [4.78, 5) is 13.3. The molecule has 2 aromatic carbocycles. The van der Waals surface area contributed by atoms with E-state index in [-0.39, 0.29) is 44.2 Å². The van der Waals surface area contributed by atoms with Crippen LogP contribution in [0.4, 0.5) is 0 Å². The lowest BCUT2D eigenvalue weighted by Crippen LogP contribution is -2.56. The largest absolute Gasteiger partial charge is 0.487 e. The number of sulfonamides is 2. The monoisotopic (exact) mass is 538 g/mol. The lowest BCUT2D eigenvalue weighted by atomic mass is 10.2. The molecule has 14 heteroatoms. The molecule has 2 heterocycles. The van der Waals surface area contributed by atoms with Crippen LogP contribution in [0, 0.1) is 0 Å². The Bertz CT molecular complexity index is 1430. The van der Waals surface area contributed by atoms with Gasteiger partial charge in [-0.15, -0.1) is 0 Å². The fourth-order valence-electron chi connectivity index (χ4n) is 3.90. The van der Waals surface area contributed by atoms with Crippen molar-refractivity contribution in [2.24, 2.45) is 0 Å². The van der Waals surface area contributed by atoms with Crippen LogP contribution in [0.1, 0.15) is 5.69 Å². The highest BCUT2D eigenvalue weighted by Crippen LogP contribution is 2.21. The maximum Gasteiger partial charge on any atom is 0.322 e. The average Bonchev–Trinajstić information content (AvgIpc) is 3.26. The average molecular weight is 539 g/mol. The molecule has 0 unspecified atom stereocenters. The molecule has 1 aliphatic rings. The summed E-state index contributed by atoms with van der Waals surface area (Å²) in [6.07, 6.45) is 1.10. The van der Waals surface area contributed by atoms with Gasteiger partial charge in [0.25, 0.3) is 0 Å². The number of rotatable bonds is 10. The summed E-state index contributed by atoms with van der Waals surface area (Å²) in [6, 6.07) is 11.9. The van der Waals surface area contributed by atoms with Gasteiger partial charge in [-0.1, -0.05) is 17.3 Å². The molecule has 1 aliphatic heterocycles. The number of nitrogens with one attached hydrogen (secondary N) is 1. The number of para-hydroxylation sites is 1. The van der Waals surface area contributed by atoms with E-state index in [2.05, 4.69) is 9.88 Å². The molecule has 194 valence electrons. The molecule has 0 amide bonds. The first kappa shape index (κ1) is 26.0. The van der Waals surface area contributed by atoms with Gasteiger partial charge in [-0.25, -0.2) is 21.6 Å². The zero-order valence-electron chi connectivity index (χ0n) is 19.4. The molecule has 36 heavy (non-hydrogen) atoms. The molecule has 0 spiro atoms. The number of carboxylic acid groups (broad SMARTS) is 1. The number of hydrogen-bond donors (Lipinski definition) is 2. The van der Waals surface area contributed by atoms with Gasteiger partial charge in [0.05, 0.1) is 11.2 Å². The minimum absolute atomic E-state index is 0.0484. The fourth-order valence-corrected chi connectivity index (χ4v) is 5.77. The summed E-state index contributed by atoms with van der Waals surface area (Å²) >= 11 is 0. The number of benzene rings is 2. The minimum Gasteiger partial charge on any atom is -0.487 e. The van der Waals surface area contributed by atoms with Crippen molar-refractivity contribution in [3.63, 3.8) is 0 Å². The zero-order valence-corrected chi connectivity index (χ0v) is 21.0. The third-order valence-corrected chi connectivity index (χ3v) is 8.64. The van der Waals surface area contributed by atoms with Crippen LogP contribution in [-0.2, 0) is 31.4 Å². The zero-order chi connectivity index (χ0) is 25.9. The molecule has 3 aromatic rings. The van der Waals surface area contributed by atoms with Crippen LogP contribution in [0.25, 0.3) is 11.0 Å². The van der Waals surface area contributed by atoms with Gasteiger partial charge in [0, 0.05) is 38.1 Å². The quantitative estimate of drug-likeness (QED) is 0.376. The molecule has 1 atom stereocenters. The van der Waals surface area contributed by atoms with Crippen LogP contribution in [-0.4, -0.2) is 87.3 Å². The summed E-state index contributed by atoms with van der Waals surface area (Å²) in [6.45, 7) is 0.404. The first-order valence-corrected chi connectivity index (χ1v) is 14.4. The molecule has 0 aliphatic carbocycles. The van der Waals surface area contributed by atoms with Crippen LogP contribution in [0.5, 0.6) is 5.75 Å². The fraction of sp³-hybridized carbons (Fsp3) is 0.364. The molecular formula is C22H26N4O8S2. The van der Waals surface area contributed by atoms with Crippen LogP contribution < -0.4 is 9.46 Å². The Labute approximate surface area is 208 Å². The van der Waals surface area contributed by atoms with E-state index >= 15 is 0 Å². The highest BCUT2D eigenvalue weighted by Gasteiger charge is 2.32. The van der Waals surface area contributed by atoms with Gasteiger partial charge in [-0.2, -0.15) is 4.31 Å². The van der Waals surface area contributed by atoms with Gasteiger partial charge in [-0.05, 0) is 36.4 Å². The van der Waals surface area contributed by atoms with E-state index in [1.165, 1.54) is 28.6 Å². The highest BCUT2D eigenvalue weighted by molar-refractivity contribution is 7.89. The number of hydrogen-bond acceptors (Lipinski definition) is 9. The van der Waals surface area contributed by atoms with Crippen molar-refractivity contribution in [1.82, 2.24) is 19.1 Å². The lowest BCUT2D eigenvalue weighted by molar-refractivity contribution is -0.143. The van der Waals surface area contributed by atoms with Crippen LogP contribution >= 0.6 is 0 Å². The second kappa shape index (κ2) is 10.5. The standard InChI is InChI=1S/C22H26N4O8S2/c1-35(29,30)26-12-10-25(11-13-26)20(22(27)28)14-23-36(31,32)17-8-6-16(7-9-17)33-15-19-18-4-2-3-5-21(18)34-24-19/h2-9,20,23H,10-15H2,1H3,(H,27,28)/t20-/m0/s1. The Kier molecular flexibility index (Phi) is 7.61. The molecule has 12 nitrogen and oxygen atoms in total. The minimum atomic E-state index is -3.99. The summed E-state index contributed by atoms with van der Waals surface area (Å²) in [5, 5.41) is 14.4. The third-order valence-electron chi connectivity index (χ3n) is 5.90. The molecule has 1 fully saturated rings. The smallest absolute Gasteiger partial charge is 0.322 e. The summed E-state index contributed by atoms with van der Waals surface area (Å²) < 4.78 is 63.4. The van der Waals surface area contributed by atoms with Crippen molar-refractivity contribution in [2.45, 2.75) is 17.5 Å². The summed E-state index contributed by atoms with van der Waals surface area (Å²) in [7, 11) is -7.36. The van der Waals surface area contributed by atoms with E-state index < -0.39 is 32.1 Å². The molecule has 0 bridgehead atoms. The molecule has 1 saturated heterocycles. The van der Waals surface area contributed by atoms with E-state index in [4.69, 9.17) is 9.26 Å². The SMILES string of the molecule is CS(=O)(=O)N1CCN([C@@H](CNS(=O)(=O)c2ccc(OCc3noc4ccccc34)cc2)C(=O)O)CC1. The third kappa shape index (κ3) is 6.02. The van der Waals surface area contributed by atoms with E-state index in [0.29, 0.717) is 17.0 Å². The number of carbonyl (C=O) groups is 1. The van der Waals surface area contributed by atoms with Crippen molar-refractivity contribution in [2.75, 3.05) is 39.0 Å². The number of aromatic nitrogens is 1. The molecule has 4 rings (SSSR count). The van der Waals surface area contributed by atoms with Crippen molar-refractivity contribution in [1.29, 1.82) is 0 Å². The van der Waals surface area contributed by atoms with E-state index in [0.717, 1.165) is 11.6 Å². The Morgan fingerprint density at radius 3 is 2.39 bits per heavy atom. The van der Waals surface area contributed by atoms with Crippen molar-refractivity contribution in [3.8, 4) is 5.75 Å². The Morgan fingerprint density at radius 2 is 1.75 bits per heavy atom. The van der Waals surface area contributed by atoms with Crippen LogP contribution in [0.15, 0.2) is 57.9 Å². The van der Waals surface area contributed by atoms with Gasteiger partial charge < -0.3 is 14.4 Å². The van der Waals surface area contributed by atoms with Gasteiger partial charge >= 0.3 is 5.97 Å². The number of carboxylic acids is 1. The maximum absolute atomic E-state index is 12.8. The van der Waals surface area contributed by atoms with Crippen molar-refractivity contribution in [3.05, 3.63) is 54.2 Å². The van der Waals surface area contributed by atoms with Gasteiger partial charge in [0.1, 0.15) is 24.1 Å². The van der Waals surface area contributed by atoms with Crippen LogP contribution in [0.3, 0.4) is 0 Å². The van der Waals surface area contributed by atoms with Gasteiger partial charge in [0.2, 0.25) is 20.0 Å². The molecule has 2 N–H and O–H groups in total. The normalized spacial score (nSPS) is 16.7. The first-order valence-electron chi connectivity index (χ1n) is 11.0. The molecular weight excluding hydrogens is 512 g/mol. The second-order valence-corrected chi connectivity index (χ2v) is 12.0. The van der Waals surface area contributed by atoms with Crippen molar-refractivity contribution < 1.29 is 36.0 Å². The molecule has 0 radical (unpaired) electrons. The van der Waals surface area contributed by atoms with E-state index in [1.54, 1.807) is 11.0 Å². The van der Waals surface area contributed by atoms with E-state index in [1.807, 2.05) is 18.2 Å². The van der Waals surface area contributed by atoms with Gasteiger partial charge in [-0.3, -0.25) is 9.69 Å². The summed E-state index contributed by atoms with van der Waals surface area (Å²) in [5.41, 5.74) is 1.25. The van der Waals surface area contributed by atoms with Gasteiger partial charge in [0.15, 0.2) is 5.58 Å². The number of aliphatic carboxylic acids is 1. The van der Waals surface area contributed by atoms with Crippen LogP contribution in [0.2, 0.25) is 0 Å². The lowest BCUT2D eigenvalue weighted by Gasteiger charge is -2.36. The highest BCUT2D eigenvalue weighted by atomic mass is 32.2. The Balaban J connectivity index is 1.35. The predicted octanol–water partition coefficient (Wildman–Crippen LogP) is 0.716. The first-order chi connectivity index (χ1) is 17.0. The van der Waals surface area contributed by atoms with E-state index in [9.17, 15) is 26.7 Å². The summed E-state index contributed by atoms with van der Waals surface area (Å²) in [5.74, 6) is -0.775. The second-order valence-electron chi connectivity index (χ2n) is 8.29. The predicted molar refractivity (Wildman–Crippen MR) is 129 cm³/mol. The maximum atomic E-state index is 12.8. The number of fused-ring (bicyclic) bond motifs is 1.